The molecule has 1 aromatic heterocycles. The van der Waals surface area contributed by atoms with Crippen molar-refractivity contribution in [2.45, 2.75) is 31.2 Å². The number of benzene rings is 1. The number of nitrogens with zero attached hydrogens (tertiary/aromatic N) is 2. The predicted octanol–water partition coefficient (Wildman–Crippen LogP) is 2.83. The van der Waals surface area contributed by atoms with Crippen molar-refractivity contribution in [3.05, 3.63) is 54.4 Å². The maximum Gasteiger partial charge on any atom is 0.251 e. The molecule has 1 atom stereocenters. The number of nitrogens with one attached hydrogen (secondary N) is 1. The van der Waals surface area contributed by atoms with E-state index >= 15 is 0 Å². The molecule has 0 bridgehead atoms. The molecular formula is C19H22ClN3O2. The standard InChI is InChI=1S/C19H22ClN3O2/c1-14(20)19(25)23-12-8-16(9-13-23)21-18(24)15-4-6-17(7-5-15)22-10-2-3-11-22/h2-7,10-11,14,16H,8-9,12-13H2,1H3,(H,21,24). The number of carbonyl (C=O) groups is 2. The molecule has 132 valence electrons. The fourth-order valence-corrected chi connectivity index (χ4v) is 3.19. The minimum Gasteiger partial charge on any atom is -0.349 e. The number of likely N-dealkylation sites (tertiary alicyclic amines) is 1. The Labute approximate surface area is 152 Å². The topological polar surface area (TPSA) is 54.3 Å². The van der Waals surface area contributed by atoms with Crippen LogP contribution < -0.4 is 5.32 Å². The Bertz CT molecular complexity index is 718. The molecule has 2 heterocycles. The molecule has 5 nitrogen and oxygen atoms in total. The highest BCUT2D eigenvalue weighted by Gasteiger charge is 2.26. The Balaban J connectivity index is 1.54. The molecular weight excluding hydrogens is 338 g/mol. The lowest BCUT2D eigenvalue weighted by Crippen LogP contribution is -2.48. The van der Waals surface area contributed by atoms with Gasteiger partial charge in [-0.15, -0.1) is 11.6 Å². The van der Waals surface area contributed by atoms with Gasteiger partial charge in [-0.25, -0.2) is 0 Å². The summed E-state index contributed by atoms with van der Waals surface area (Å²) < 4.78 is 1.99. The zero-order valence-corrected chi connectivity index (χ0v) is 14.9. The van der Waals surface area contributed by atoms with Gasteiger partial charge in [0.15, 0.2) is 0 Å². The first kappa shape index (κ1) is 17.5. The van der Waals surface area contributed by atoms with Crippen molar-refractivity contribution < 1.29 is 9.59 Å². The van der Waals surface area contributed by atoms with Gasteiger partial charge in [0.05, 0.1) is 0 Å². The van der Waals surface area contributed by atoms with Gasteiger partial charge in [0.2, 0.25) is 5.91 Å². The lowest BCUT2D eigenvalue weighted by Gasteiger charge is -2.33. The van der Waals surface area contributed by atoms with Crippen molar-refractivity contribution in [1.29, 1.82) is 0 Å². The van der Waals surface area contributed by atoms with Gasteiger partial charge in [-0.1, -0.05) is 0 Å². The van der Waals surface area contributed by atoms with E-state index in [4.69, 9.17) is 11.6 Å². The second-order valence-electron chi connectivity index (χ2n) is 6.33. The average molecular weight is 360 g/mol. The number of carbonyl (C=O) groups excluding carboxylic acids is 2. The highest BCUT2D eigenvalue weighted by molar-refractivity contribution is 6.30. The van der Waals surface area contributed by atoms with E-state index in [1.807, 2.05) is 53.4 Å². The summed E-state index contributed by atoms with van der Waals surface area (Å²) >= 11 is 5.85. The second-order valence-corrected chi connectivity index (χ2v) is 6.98. The van der Waals surface area contributed by atoms with Crippen LogP contribution in [0, 0.1) is 0 Å². The molecule has 0 aliphatic carbocycles. The minimum absolute atomic E-state index is 0.0351. The maximum absolute atomic E-state index is 12.4. The van der Waals surface area contributed by atoms with E-state index in [0.29, 0.717) is 18.7 Å². The van der Waals surface area contributed by atoms with Crippen molar-refractivity contribution in [3.8, 4) is 5.69 Å². The molecule has 1 unspecified atom stereocenters. The molecule has 1 N–H and O–H groups in total. The Kier molecular flexibility index (Phi) is 5.43. The molecule has 2 amide bonds. The summed E-state index contributed by atoms with van der Waals surface area (Å²) in [6, 6.07) is 11.5. The third-order valence-electron chi connectivity index (χ3n) is 4.51. The van der Waals surface area contributed by atoms with Crippen LogP contribution in [0.2, 0.25) is 0 Å². The molecule has 6 heteroatoms. The molecule has 1 saturated heterocycles. The maximum atomic E-state index is 12.4. The third kappa shape index (κ3) is 4.23. The van der Waals surface area contributed by atoms with Crippen molar-refractivity contribution >= 4 is 23.4 Å². The summed E-state index contributed by atoms with van der Waals surface area (Å²) in [4.78, 5) is 26.1. The number of rotatable bonds is 4. The van der Waals surface area contributed by atoms with E-state index in [-0.39, 0.29) is 17.9 Å². The Morgan fingerprint density at radius 1 is 1.12 bits per heavy atom. The van der Waals surface area contributed by atoms with Crippen LogP contribution >= 0.6 is 11.6 Å². The molecule has 3 rings (SSSR count). The van der Waals surface area contributed by atoms with Gasteiger partial charge in [0.1, 0.15) is 5.38 Å². The summed E-state index contributed by atoms with van der Waals surface area (Å²) in [5.41, 5.74) is 1.66. The molecule has 1 fully saturated rings. The molecule has 25 heavy (non-hydrogen) atoms. The average Bonchev–Trinajstić information content (AvgIpc) is 3.16. The first-order valence-electron chi connectivity index (χ1n) is 8.52. The smallest absolute Gasteiger partial charge is 0.251 e. The van der Waals surface area contributed by atoms with Crippen LogP contribution in [-0.4, -0.2) is 45.8 Å². The third-order valence-corrected chi connectivity index (χ3v) is 4.70. The Morgan fingerprint density at radius 3 is 2.28 bits per heavy atom. The zero-order chi connectivity index (χ0) is 17.8. The monoisotopic (exact) mass is 359 g/mol. The van der Waals surface area contributed by atoms with E-state index in [1.165, 1.54) is 0 Å². The van der Waals surface area contributed by atoms with Gasteiger partial charge in [0, 0.05) is 42.8 Å². The van der Waals surface area contributed by atoms with Crippen LogP contribution in [0.25, 0.3) is 5.69 Å². The van der Waals surface area contributed by atoms with Gasteiger partial charge in [-0.2, -0.15) is 0 Å². The SMILES string of the molecule is CC(Cl)C(=O)N1CCC(NC(=O)c2ccc(-n3cccc3)cc2)CC1. The van der Waals surface area contributed by atoms with Crippen LogP contribution in [0.5, 0.6) is 0 Å². The predicted molar refractivity (Wildman–Crippen MR) is 98.2 cm³/mol. The van der Waals surface area contributed by atoms with Gasteiger partial charge < -0.3 is 14.8 Å². The van der Waals surface area contributed by atoms with Crippen LogP contribution in [0.15, 0.2) is 48.8 Å². The van der Waals surface area contributed by atoms with Gasteiger partial charge in [-0.05, 0) is 56.2 Å². The quantitative estimate of drug-likeness (QED) is 0.853. The van der Waals surface area contributed by atoms with E-state index < -0.39 is 5.38 Å². The highest BCUT2D eigenvalue weighted by Crippen LogP contribution is 2.15. The van der Waals surface area contributed by atoms with E-state index in [1.54, 1.807) is 11.8 Å². The lowest BCUT2D eigenvalue weighted by molar-refractivity contribution is -0.131. The number of aromatic nitrogens is 1. The number of halogens is 1. The van der Waals surface area contributed by atoms with Crippen LogP contribution in [0.3, 0.4) is 0 Å². The van der Waals surface area contributed by atoms with Gasteiger partial charge in [0.25, 0.3) is 5.91 Å². The first-order chi connectivity index (χ1) is 12.0. The number of hydrogen-bond donors (Lipinski definition) is 1. The minimum atomic E-state index is -0.495. The molecule has 1 aliphatic rings. The summed E-state index contributed by atoms with van der Waals surface area (Å²) in [7, 11) is 0. The molecule has 0 saturated carbocycles. The Morgan fingerprint density at radius 2 is 1.72 bits per heavy atom. The van der Waals surface area contributed by atoms with E-state index in [9.17, 15) is 9.59 Å². The molecule has 2 aromatic rings. The van der Waals surface area contributed by atoms with Crippen molar-refractivity contribution in [1.82, 2.24) is 14.8 Å². The van der Waals surface area contributed by atoms with Gasteiger partial charge in [-0.3, -0.25) is 9.59 Å². The van der Waals surface area contributed by atoms with Crippen molar-refractivity contribution in [3.63, 3.8) is 0 Å². The van der Waals surface area contributed by atoms with Crippen molar-refractivity contribution in [2.24, 2.45) is 0 Å². The number of amides is 2. The van der Waals surface area contributed by atoms with Crippen LogP contribution in [-0.2, 0) is 4.79 Å². The lowest BCUT2D eigenvalue weighted by atomic mass is 10.0. The van der Waals surface area contributed by atoms with Crippen LogP contribution in [0.4, 0.5) is 0 Å². The van der Waals surface area contributed by atoms with E-state index in [0.717, 1.165) is 18.5 Å². The summed E-state index contributed by atoms with van der Waals surface area (Å²) in [6.45, 7) is 2.95. The summed E-state index contributed by atoms with van der Waals surface area (Å²) in [6.07, 6.45) is 5.43. The summed E-state index contributed by atoms with van der Waals surface area (Å²) in [5.74, 6) is -0.110. The Hall–Kier alpha value is -2.27. The first-order valence-corrected chi connectivity index (χ1v) is 8.95. The largest absolute Gasteiger partial charge is 0.349 e. The normalized spacial score (nSPS) is 16.5. The number of alkyl halides is 1. The highest BCUT2D eigenvalue weighted by atomic mass is 35.5. The molecule has 1 aliphatic heterocycles. The van der Waals surface area contributed by atoms with Crippen LogP contribution in [0.1, 0.15) is 30.1 Å². The fraction of sp³-hybridized carbons (Fsp3) is 0.368. The van der Waals surface area contributed by atoms with Crippen molar-refractivity contribution in [2.75, 3.05) is 13.1 Å². The number of hydrogen-bond acceptors (Lipinski definition) is 2. The number of piperidine rings is 1. The summed E-state index contributed by atoms with van der Waals surface area (Å²) in [5, 5.41) is 2.57. The molecule has 0 radical (unpaired) electrons. The molecule has 1 aromatic carbocycles. The molecule has 0 spiro atoms. The van der Waals surface area contributed by atoms with E-state index in [2.05, 4.69) is 5.32 Å². The fourth-order valence-electron chi connectivity index (χ4n) is 3.06. The van der Waals surface area contributed by atoms with Gasteiger partial charge >= 0.3 is 0 Å². The zero-order valence-electron chi connectivity index (χ0n) is 14.2. The second kappa shape index (κ2) is 7.74.